The summed E-state index contributed by atoms with van der Waals surface area (Å²) in [7, 11) is -2.53. The summed E-state index contributed by atoms with van der Waals surface area (Å²) in [6, 6.07) is 21.7. The Morgan fingerprint density at radius 3 is 2.20 bits per heavy atom. The van der Waals surface area contributed by atoms with Crippen LogP contribution >= 0.6 is 0 Å². The van der Waals surface area contributed by atoms with Crippen molar-refractivity contribution in [3.8, 4) is 5.75 Å². The third kappa shape index (κ3) is 7.63. The van der Waals surface area contributed by atoms with Gasteiger partial charge in [0.2, 0.25) is 11.8 Å². The summed E-state index contributed by atoms with van der Waals surface area (Å²) in [5, 5.41) is 2.89. The van der Waals surface area contributed by atoms with Gasteiger partial charge in [0.1, 0.15) is 18.3 Å². The van der Waals surface area contributed by atoms with E-state index >= 15 is 0 Å². The Bertz CT molecular complexity index is 1360. The molecule has 0 aliphatic carbocycles. The molecule has 0 aromatic heterocycles. The molecule has 9 heteroatoms. The fraction of sp³-hybridized carbons (Fsp3) is 0.355. The second-order valence-electron chi connectivity index (χ2n) is 9.43. The SMILES string of the molecule is CCCNC(=O)C(CC)N(Cc1cccc(OC)c1)C(=O)CN(c1ccc(CC)cc1)S(=O)(=O)c1ccccc1. The molecule has 3 rings (SSSR count). The molecular weight excluding hydrogens is 526 g/mol. The van der Waals surface area contributed by atoms with E-state index in [1.54, 1.807) is 49.6 Å². The van der Waals surface area contributed by atoms with Gasteiger partial charge in [-0.3, -0.25) is 13.9 Å². The van der Waals surface area contributed by atoms with Crippen LogP contribution in [0.5, 0.6) is 5.75 Å². The Morgan fingerprint density at radius 1 is 0.900 bits per heavy atom. The Morgan fingerprint density at radius 2 is 1.60 bits per heavy atom. The van der Waals surface area contributed by atoms with E-state index in [9.17, 15) is 18.0 Å². The van der Waals surface area contributed by atoms with Crippen LogP contribution in [0.3, 0.4) is 0 Å². The number of ether oxygens (including phenoxy) is 1. The quantitative estimate of drug-likeness (QED) is 0.303. The summed E-state index contributed by atoms with van der Waals surface area (Å²) in [6.07, 6.45) is 1.91. The monoisotopic (exact) mass is 565 g/mol. The van der Waals surface area contributed by atoms with Gasteiger partial charge in [0, 0.05) is 13.1 Å². The van der Waals surface area contributed by atoms with Crippen LogP contribution < -0.4 is 14.4 Å². The molecule has 40 heavy (non-hydrogen) atoms. The molecule has 1 atom stereocenters. The molecule has 1 unspecified atom stereocenters. The third-order valence-electron chi connectivity index (χ3n) is 6.66. The summed E-state index contributed by atoms with van der Waals surface area (Å²) in [5.74, 6) is -0.136. The fourth-order valence-corrected chi connectivity index (χ4v) is 5.83. The van der Waals surface area contributed by atoms with Gasteiger partial charge in [-0.15, -0.1) is 0 Å². The summed E-state index contributed by atoms with van der Waals surface area (Å²) in [5.41, 5.74) is 2.18. The minimum Gasteiger partial charge on any atom is -0.497 e. The summed E-state index contributed by atoms with van der Waals surface area (Å²) in [4.78, 5) is 28.8. The zero-order valence-corrected chi connectivity index (χ0v) is 24.5. The number of carbonyl (C=O) groups is 2. The highest BCUT2D eigenvalue weighted by Crippen LogP contribution is 2.26. The number of anilines is 1. The number of amides is 2. The summed E-state index contributed by atoms with van der Waals surface area (Å²) >= 11 is 0. The summed E-state index contributed by atoms with van der Waals surface area (Å²) < 4.78 is 34.2. The van der Waals surface area contributed by atoms with Crippen LogP contribution in [-0.4, -0.2) is 51.4 Å². The molecule has 0 saturated carbocycles. The van der Waals surface area contributed by atoms with Crippen molar-refractivity contribution in [3.05, 3.63) is 90.0 Å². The topological polar surface area (TPSA) is 96.0 Å². The highest BCUT2D eigenvalue weighted by molar-refractivity contribution is 7.92. The zero-order chi connectivity index (χ0) is 29.1. The van der Waals surface area contributed by atoms with Crippen LogP contribution in [0.4, 0.5) is 5.69 Å². The molecule has 2 amide bonds. The molecule has 0 fully saturated rings. The summed E-state index contributed by atoms with van der Waals surface area (Å²) in [6.45, 7) is 5.93. The number of hydrogen-bond donors (Lipinski definition) is 1. The van der Waals surface area contributed by atoms with Crippen molar-refractivity contribution in [2.24, 2.45) is 0 Å². The number of aryl methyl sites for hydroxylation is 1. The second-order valence-corrected chi connectivity index (χ2v) is 11.3. The van der Waals surface area contributed by atoms with Crippen molar-refractivity contribution >= 4 is 27.5 Å². The Balaban J connectivity index is 2.05. The minimum atomic E-state index is -4.09. The van der Waals surface area contributed by atoms with E-state index in [1.165, 1.54) is 17.0 Å². The number of hydrogen-bond acceptors (Lipinski definition) is 5. The largest absolute Gasteiger partial charge is 0.497 e. The maximum atomic E-state index is 14.1. The van der Waals surface area contributed by atoms with Gasteiger partial charge in [0.05, 0.1) is 17.7 Å². The smallest absolute Gasteiger partial charge is 0.264 e. The fourth-order valence-electron chi connectivity index (χ4n) is 4.40. The van der Waals surface area contributed by atoms with Gasteiger partial charge in [-0.25, -0.2) is 8.42 Å². The van der Waals surface area contributed by atoms with Crippen molar-refractivity contribution in [3.63, 3.8) is 0 Å². The lowest BCUT2D eigenvalue weighted by atomic mass is 10.1. The first-order valence-electron chi connectivity index (χ1n) is 13.6. The molecular formula is C31H39N3O5S. The minimum absolute atomic E-state index is 0.0782. The maximum Gasteiger partial charge on any atom is 0.264 e. The molecule has 0 aliphatic rings. The molecule has 0 radical (unpaired) electrons. The second kappa shape index (κ2) is 14.5. The molecule has 3 aromatic carbocycles. The van der Waals surface area contributed by atoms with Crippen molar-refractivity contribution in [2.45, 2.75) is 57.5 Å². The van der Waals surface area contributed by atoms with Crippen LogP contribution in [0.25, 0.3) is 0 Å². The maximum absolute atomic E-state index is 14.1. The van der Waals surface area contributed by atoms with Crippen LogP contribution in [0, 0.1) is 0 Å². The molecule has 1 N–H and O–H groups in total. The van der Waals surface area contributed by atoms with E-state index < -0.39 is 28.5 Å². The molecule has 214 valence electrons. The molecule has 0 bridgehead atoms. The van der Waals surface area contributed by atoms with Crippen molar-refractivity contribution in [1.82, 2.24) is 10.2 Å². The Labute approximate surface area is 238 Å². The number of rotatable bonds is 14. The average molecular weight is 566 g/mol. The van der Waals surface area contributed by atoms with E-state index in [2.05, 4.69) is 5.32 Å². The van der Waals surface area contributed by atoms with Crippen molar-refractivity contribution < 1.29 is 22.7 Å². The molecule has 8 nitrogen and oxygen atoms in total. The number of nitrogens with one attached hydrogen (secondary N) is 1. The van der Waals surface area contributed by atoms with Crippen molar-refractivity contribution in [2.75, 3.05) is 24.5 Å². The highest BCUT2D eigenvalue weighted by Gasteiger charge is 2.33. The highest BCUT2D eigenvalue weighted by atomic mass is 32.2. The first-order valence-corrected chi connectivity index (χ1v) is 15.1. The first-order chi connectivity index (χ1) is 19.2. The predicted molar refractivity (Wildman–Crippen MR) is 158 cm³/mol. The number of nitrogens with zero attached hydrogens (tertiary/aromatic N) is 2. The van der Waals surface area contributed by atoms with E-state index in [-0.39, 0.29) is 17.3 Å². The molecule has 0 heterocycles. The van der Waals surface area contributed by atoms with Gasteiger partial charge in [-0.1, -0.05) is 63.2 Å². The average Bonchev–Trinajstić information content (AvgIpc) is 2.99. The number of benzene rings is 3. The number of carbonyl (C=O) groups excluding carboxylic acids is 2. The molecule has 3 aromatic rings. The van der Waals surface area contributed by atoms with Crippen LogP contribution in [0.1, 0.15) is 44.7 Å². The van der Waals surface area contributed by atoms with E-state index in [1.807, 2.05) is 45.0 Å². The molecule has 0 saturated heterocycles. The van der Waals surface area contributed by atoms with E-state index in [0.717, 1.165) is 28.3 Å². The lowest BCUT2D eigenvalue weighted by Crippen LogP contribution is -2.52. The lowest BCUT2D eigenvalue weighted by Gasteiger charge is -2.33. The zero-order valence-electron chi connectivity index (χ0n) is 23.7. The standard InChI is InChI=1S/C31H39N3O5S/c1-5-20-32-31(36)29(7-3)33(22-25-12-11-13-27(21-25)39-4)30(35)23-34(26-18-16-24(6-2)17-19-26)40(37,38)28-14-9-8-10-15-28/h8-19,21,29H,5-7,20,22-23H2,1-4H3,(H,32,36). The van der Waals surface area contributed by atoms with Gasteiger partial charge < -0.3 is 15.0 Å². The first kappa shape index (κ1) is 30.7. The predicted octanol–water partition coefficient (Wildman–Crippen LogP) is 4.79. The van der Waals surface area contributed by atoms with Gasteiger partial charge >= 0.3 is 0 Å². The van der Waals surface area contributed by atoms with Gasteiger partial charge in [-0.05, 0) is 66.8 Å². The lowest BCUT2D eigenvalue weighted by molar-refractivity contribution is -0.140. The molecule has 0 spiro atoms. The normalized spacial score (nSPS) is 11.9. The van der Waals surface area contributed by atoms with E-state index in [0.29, 0.717) is 24.4 Å². The Hall–Kier alpha value is -3.85. The number of methoxy groups -OCH3 is 1. The van der Waals surface area contributed by atoms with Crippen LogP contribution in [0.2, 0.25) is 0 Å². The van der Waals surface area contributed by atoms with E-state index in [4.69, 9.17) is 4.74 Å². The van der Waals surface area contributed by atoms with Gasteiger partial charge in [-0.2, -0.15) is 0 Å². The van der Waals surface area contributed by atoms with Gasteiger partial charge in [0.25, 0.3) is 10.0 Å². The van der Waals surface area contributed by atoms with Crippen LogP contribution in [-0.2, 0) is 32.6 Å². The number of sulfonamides is 1. The Kier molecular flexibility index (Phi) is 11.1. The molecule has 0 aliphatic heterocycles. The van der Waals surface area contributed by atoms with Gasteiger partial charge in [0.15, 0.2) is 0 Å². The van der Waals surface area contributed by atoms with Crippen LogP contribution in [0.15, 0.2) is 83.8 Å². The third-order valence-corrected chi connectivity index (χ3v) is 8.45. The van der Waals surface area contributed by atoms with Crippen molar-refractivity contribution in [1.29, 1.82) is 0 Å².